The first-order chi connectivity index (χ1) is 11.9. The van der Waals surface area contributed by atoms with Gasteiger partial charge in [-0.15, -0.1) is 0 Å². The van der Waals surface area contributed by atoms with Crippen LogP contribution in [0.4, 0.5) is 0 Å². The van der Waals surface area contributed by atoms with E-state index in [1.54, 1.807) is 4.90 Å². The van der Waals surface area contributed by atoms with Crippen LogP contribution in [0.25, 0.3) is 0 Å². The highest BCUT2D eigenvalue weighted by molar-refractivity contribution is 5.95. The molecule has 140 valence electrons. The molecular weight excluding hydrogens is 328 g/mol. The second-order valence-electron chi connectivity index (χ2n) is 6.40. The molecule has 25 heavy (non-hydrogen) atoms. The third-order valence-electron chi connectivity index (χ3n) is 4.75. The van der Waals surface area contributed by atoms with Gasteiger partial charge in [0, 0.05) is 6.54 Å². The number of fused-ring (bicyclic) bond motifs is 1. The summed E-state index contributed by atoms with van der Waals surface area (Å²) in [5.41, 5.74) is 0. The van der Waals surface area contributed by atoms with Crippen LogP contribution in [0.15, 0.2) is 0 Å². The minimum absolute atomic E-state index is 0.0158. The van der Waals surface area contributed by atoms with E-state index in [4.69, 9.17) is 0 Å². The minimum atomic E-state index is -0.418. The fourth-order valence-electron chi connectivity index (χ4n) is 3.31. The molecular formula is C16H26N4O5. The highest BCUT2D eigenvalue weighted by Gasteiger charge is 2.37. The van der Waals surface area contributed by atoms with Crippen molar-refractivity contribution in [3.8, 4) is 0 Å². The molecule has 3 amide bonds. The first-order valence-electron chi connectivity index (χ1n) is 8.56. The fraction of sp³-hybridized carbons (Fsp3) is 0.750. The van der Waals surface area contributed by atoms with Crippen LogP contribution in [0.2, 0.25) is 0 Å². The molecule has 3 saturated heterocycles. The lowest BCUT2D eigenvalue weighted by molar-refractivity contribution is -0.143. The van der Waals surface area contributed by atoms with E-state index in [2.05, 4.69) is 15.4 Å². The van der Waals surface area contributed by atoms with Crippen LogP contribution in [0.3, 0.4) is 0 Å². The normalized spacial score (nSPS) is 25.6. The van der Waals surface area contributed by atoms with Gasteiger partial charge >= 0.3 is 5.97 Å². The van der Waals surface area contributed by atoms with Gasteiger partial charge in [-0.25, -0.2) is 0 Å². The molecule has 0 aromatic carbocycles. The lowest BCUT2D eigenvalue weighted by atomic mass is 10.2. The fourth-order valence-corrected chi connectivity index (χ4v) is 3.31. The van der Waals surface area contributed by atoms with Crippen molar-refractivity contribution in [3.63, 3.8) is 0 Å². The summed E-state index contributed by atoms with van der Waals surface area (Å²) in [4.78, 5) is 48.2. The molecule has 3 fully saturated rings. The molecule has 3 heterocycles. The Morgan fingerprint density at radius 3 is 2.56 bits per heavy atom. The van der Waals surface area contributed by atoms with Crippen molar-refractivity contribution in [1.29, 1.82) is 0 Å². The second-order valence-corrected chi connectivity index (χ2v) is 6.40. The van der Waals surface area contributed by atoms with Crippen molar-refractivity contribution in [3.05, 3.63) is 0 Å². The quantitative estimate of drug-likeness (QED) is 0.596. The van der Waals surface area contributed by atoms with Crippen molar-refractivity contribution in [2.45, 2.75) is 37.8 Å². The van der Waals surface area contributed by atoms with Crippen LogP contribution in [0.1, 0.15) is 25.7 Å². The number of hydrogen-bond acceptors (Lipinski definition) is 6. The Bertz CT molecular complexity index is 517. The predicted octanol–water partition coefficient (Wildman–Crippen LogP) is -1.52. The van der Waals surface area contributed by atoms with E-state index < -0.39 is 5.97 Å². The SMILES string of the molecule is COC(=O)CNC(=O)[C@@H]1CCCN1C.O=C1NCC(=O)N2CCC[C@@H]12. The maximum Gasteiger partial charge on any atom is 0.325 e. The predicted molar refractivity (Wildman–Crippen MR) is 88.4 cm³/mol. The van der Waals surface area contributed by atoms with E-state index in [-0.39, 0.29) is 42.9 Å². The summed E-state index contributed by atoms with van der Waals surface area (Å²) in [5, 5.41) is 5.12. The standard InChI is InChI=1S/C9H16N2O3.C7H10N2O2/c1-11-5-3-4-7(11)9(13)10-6-8(12)14-2;10-6-4-8-7(11)5-2-1-3-9(5)6/h7H,3-6H2,1-2H3,(H,10,13);5H,1-4H2,(H,8,11)/t7-;5-/m00/s1. The number of amides is 3. The summed E-state index contributed by atoms with van der Waals surface area (Å²) in [5.74, 6) is -0.427. The molecule has 0 saturated carbocycles. The third kappa shape index (κ3) is 4.91. The molecule has 0 aliphatic carbocycles. The Morgan fingerprint density at radius 2 is 1.96 bits per heavy atom. The Kier molecular flexibility index (Phi) is 6.74. The van der Waals surface area contributed by atoms with Gasteiger partial charge in [0.05, 0.1) is 19.7 Å². The molecule has 3 rings (SSSR count). The summed E-state index contributed by atoms with van der Waals surface area (Å²) < 4.78 is 4.42. The van der Waals surface area contributed by atoms with Crippen molar-refractivity contribution >= 4 is 23.7 Å². The van der Waals surface area contributed by atoms with Gasteiger partial charge in [-0.05, 0) is 39.3 Å². The topological polar surface area (TPSA) is 108 Å². The largest absolute Gasteiger partial charge is 0.468 e. The van der Waals surface area contributed by atoms with E-state index in [9.17, 15) is 19.2 Å². The first-order valence-corrected chi connectivity index (χ1v) is 8.56. The zero-order chi connectivity index (χ0) is 18.4. The number of ether oxygens (including phenoxy) is 1. The molecule has 0 spiro atoms. The van der Waals surface area contributed by atoms with Crippen molar-refractivity contribution in [2.24, 2.45) is 0 Å². The second kappa shape index (κ2) is 8.80. The number of rotatable bonds is 3. The smallest absolute Gasteiger partial charge is 0.325 e. The number of carbonyl (C=O) groups is 4. The Balaban J connectivity index is 0.000000185. The van der Waals surface area contributed by atoms with Crippen LogP contribution >= 0.6 is 0 Å². The molecule has 3 aliphatic rings. The van der Waals surface area contributed by atoms with E-state index in [0.29, 0.717) is 0 Å². The van der Waals surface area contributed by atoms with Crippen LogP contribution in [0.5, 0.6) is 0 Å². The average Bonchev–Trinajstić information content (AvgIpc) is 3.26. The van der Waals surface area contributed by atoms with Crippen LogP contribution < -0.4 is 10.6 Å². The van der Waals surface area contributed by atoms with Gasteiger partial charge in [-0.3, -0.25) is 24.1 Å². The molecule has 9 heteroatoms. The van der Waals surface area contributed by atoms with Crippen LogP contribution in [-0.4, -0.2) is 85.9 Å². The van der Waals surface area contributed by atoms with Crippen molar-refractivity contribution in [1.82, 2.24) is 20.4 Å². The number of carbonyl (C=O) groups excluding carboxylic acids is 4. The van der Waals surface area contributed by atoms with Gasteiger partial charge in [-0.1, -0.05) is 0 Å². The van der Waals surface area contributed by atoms with Crippen LogP contribution in [0, 0.1) is 0 Å². The number of likely N-dealkylation sites (tertiary alicyclic amines) is 1. The number of methoxy groups -OCH3 is 1. The first kappa shape index (κ1) is 19.2. The monoisotopic (exact) mass is 354 g/mol. The highest BCUT2D eigenvalue weighted by atomic mass is 16.5. The lowest BCUT2D eigenvalue weighted by Crippen LogP contribution is -2.55. The van der Waals surface area contributed by atoms with Crippen molar-refractivity contribution in [2.75, 3.05) is 40.3 Å². The summed E-state index contributed by atoms with van der Waals surface area (Å²) in [7, 11) is 3.21. The van der Waals surface area contributed by atoms with E-state index in [0.717, 1.165) is 38.8 Å². The van der Waals surface area contributed by atoms with E-state index in [1.807, 2.05) is 11.9 Å². The number of piperazine rings is 1. The molecule has 0 unspecified atom stereocenters. The molecule has 2 N–H and O–H groups in total. The van der Waals surface area contributed by atoms with Crippen LogP contribution in [-0.2, 0) is 23.9 Å². The van der Waals surface area contributed by atoms with Gasteiger partial charge in [0.2, 0.25) is 17.7 Å². The average molecular weight is 354 g/mol. The number of nitrogens with zero attached hydrogens (tertiary/aromatic N) is 2. The Labute approximate surface area is 147 Å². The lowest BCUT2D eigenvalue weighted by Gasteiger charge is -2.28. The number of nitrogens with one attached hydrogen (secondary N) is 2. The van der Waals surface area contributed by atoms with Gasteiger partial charge in [-0.2, -0.15) is 0 Å². The van der Waals surface area contributed by atoms with Gasteiger partial charge in [0.25, 0.3) is 0 Å². The van der Waals surface area contributed by atoms with Gasteiger partial charge in [0.1, 0.15) is 12.6 Å². The maximum absolute atomic E-state index is 11.5. The molecule has 0 radical (unpaired) electrons. The summed E-state index contributed by atoms with van der Waals surface area (Å²) in [6.07, 6.45) is 3.69. The summed E-state index contributed by atoms with van der Waals surface area (Å²) in [6, 6.07) is -0.240. The Hall–Kier alpha value is -2.16. The van der Waals surface area contributed by atoms with Gasteiger partial charge < -0.3 is 20.3 Å². The molecule has 0 aromatic heterocycles. The maximum atomic E-state index is 11.5. The third-order valence-corrected chi connectivity index (χ3v) is 4.75. The zero-order valence-electron chi connectivity index (χ0n) is 14.7. The molecule has 3 aliphatic heterocycles. The number of esters is 1. The summed E-state index contributed by atoms with van der Waals surface area (Å²) >= 11 is 0. The minimum Gasteiger partial charge on any atom is -0.468 e. The molecule has 2 atom stereocenters. The van der Waals surface area contributed by atoms with Crippen molar-refractivity contribution < 1.29 is 23.9 Å². The Morgan fingerprint density at radius 1 is 1.24 bits per heavy atom. The molecule has 0 aromatic rings. The van der Waals surface area contributed by atoms with E-state index in [1.165, 1.54) is 7.11 Å². The molecule has 9 nitrogen and oxygen atoms in total. The van der Waals surface area contributed by atoms with E-state index >= 15 is 0 Å². The summed E-state index contributed by atoms with van der Waals surface area (Å²) in [6.45, 7) is 1.85. The van der Waals surface area contributed by atoms with Gasteiger partial charge in [0.15, 0.2) is 0 Å². The highest BCUT2D eigenvalue weighted by Crippen LogP contribution is 2.19. The number of likely N-dealkylation sites (N-methyl/N-ethyl adjacent to an activating group) is 1. The molecule has 0 bridgehead atoms. The number of hydrogen-bond donors (Lipinski definition) is 2. The zero-order valence-corrected chi connectivity index (χ0v) is 14.7.